The number of hydrogen-bond acceptors (Lipinski definition) is 6. The quantitative estimate of drug-likeness (QED) is 0.446. The normalized spacial score (nSPS) is 15.1. The number of carbonyl (C=O) groups excluding carboxylic acids is 1. The largest absolute Gasteiger partial charge is 0.493 e. The molecule has 7 heteroatoms. The van der Waals surface area contributed by atoms with Crippen molar-refractivity contribution in [3.63, 3.8) is 0 Å². The van der Waals surface area contributed by atoms with Crippen molar-refractivity contribution in [2.45, 2.75) is 19.5 Å². The van der Waals surface area contributed by atoms with Crippen LogP contribution in [0.5, 0.6) is 17.2 Å². The Labute approximate surface area is 200 Å². The molecule has 178 valence electrons. The number of amides is 1. The summed E-state index contributed by atoms with van der Waals surface area (Å²) in [5.74, 6) is 2.18. The topological polar surface area (TPSA) is 70.1 Å². The van der Waals surface area contributed by atoms with Crippen LogP contribution in [0.2, 0.25) is 0 Å². The van der Waals surface area contributed by atoms with E-state index in [1.165, 1.54) is 0 Å². The molecule has 1 fully saturated rings. The fourth-order valence-corrected chi connectivity index (χ4v) is 3.92. The van der Waals surface area contributed by atoms with Gasteiger partial charge in [0.15, 0.2) is 11.5 Å². The van der Waals surface area contributed by atoms with Crippen molar-refractivity contribution in [1.29, 1.82) is 0 Å². The van der Waals surface area contributed by atoms with E-state index in [9.17, 15) is 4.79 Å². The summed E-state index contributed by atoms with van der Waals surface area (Å²) in [6, 6.07) is 18.8. The van der Waals surface area contributed by atoms with Crippen LogP contribution in [0.15, 0.2) is 66.9 Å². The van der Waals surface area contributed by atoms with E-state index in [1.807, 2.05) is 42.5 Å². The van der Waals surface area contributed by atoms with Crippen LogP contribution in [-0.4, -0.2) is 49.8 Å². The van der Waals surface area contributed by atoms with Gasteiger partial charge in [-0.25, -0.2) is 0 Å². The van der Waals surface area contributed by atoms with E-state index in [2.05, 4.69) is 4.98 Å². The van der Waals surface area contributed by atoms with E-state index in [0.29, 0.717) is 42.7 Å². The zero-order valence-electron chi connectivity index (χ0n) is 19.6. The SMILES string of the molecule is COc1ccc(C(=O)N(Cc2cccc(OC[C@H]3CCOC3)c2)Cc2ccccn2)cc1OC. The Morgan fingerprint density at radius 3 is 2.65 bits per heavy atom. The van der Waals surface area contributed by atoms with Crippen molar-refractivity contribution in [1.82, 2.24) is 9.88 Å². The Morgan fingerprint density at radius 1 is 1.03 bits per heavy atom. The predicted molar refractivity (Wildman–Crippen MR) is 128 cm³/mol. The van der Waals surface area contributed by atoms with Gasteiger partial charge in [0, 0.05) is 30.8 Å². The van der Waals surface area contributed by atoms with Gasteiger partial charge in [-0.3, -0.25) is 9.78 Å². The summed E-state index contributed by atoms with van der Waals surface area (Å²) in [5.41, 5.74) is 2.30. The van der Waals surface area contributed by atoms with E-state index in [4.69, 9.17) is 18.9 Å². The second kappa shape index (κ2) is 11.5. The second-order valence-corrected chi connectivity index (χ2v) is 8.24. The lowest BCUT2D eigenvalue weighted by molar-refractivity contribution is 0.0727. The van der Waals surface area contributed by atoms with E-state index in [0.717, 1.165) is 36.6 Å². The van der Waals surface area contributed by atoms with Gasteiger partial charge in [-0.2, -0.15) is 0 Å². The predicted octanol–water partition coefficient (Wildman–Crippen LogP) is 4.36. The molecule has 1 atom stereocenters. The second-order valence-electron chi connectivity index (χ2n) is 8.24. The molecule has 1 amide bonds. The molecule has 7 nitrogen and oxygen atoms in total. The molecule has 0 aliphatic carbocycles. The minimum atomic E-state index is -0.124. The highest BCUT2D eigenvalue weighted by molar-refractivity contribution is 5.95. The van der Waals surface area contributed by atoms with Gasteiger partial charge >= 0.3 is 0 Å². The van der Waals surface area contributed by atoms with Crippen molar-refractivity contribution >= 4 is 5.91 Å². The third-order valence-electron chi connectivity index (χ3n) is 5.78. The van der Waals surface area contributed by atoms with Crippen LogP contribution in [0.1, 0.15) is 28.0 Å². The number of ether oxygens (including phenoxy) is 4. The number of rotatable bonds is 10. The highest BCUT2D eigenvalue weighted by atomic mass is 16.5. The molecule has 3 aromatic rings. The fraction of sp³-hybridized carbons (Fsp3) is 0.333. The number of benzene rings is 2. The number of aromatic nitrogens is 1. The Bertz CT molecular complexity index is 1080. The van der Waals surface area contributed by atoms with Crippen LogP contribution >= 0.6 is 0 Å². The van der Waals surface area contributed by atoms with Crippen molar-refractivity contribution in [2.75, 3.05) is 34.0 Å². The Hall–Kier alpha value is -3.58. The summed E-state index contributed by atoms with van der Waals surface area (Å²) < 4.78 is 22.1. The average Bonchev–Trinajstić information content (AvgIpc) is 3.41. The van der Waals surface area contributed by atoms with E-state index >= 15 is 0 Å². The molecule has 0 unspecified atom stereocenters. The fourth-order valence-electron chi connectivity index (χ4n) is 3.92. The summed E-state index contributed by atoms with van der Waals surface area (Å²) >= 11 is 0. The molecule has 4 rings (SSSR count). The zero-order valence-corrected chi connectivity index (χ0v) is 19.6. The van der Waals surface area contributed by atoms with Crippen LogP contribution in [-0.2, 0) is 17.8 Å². The van der Waals surface area contributed by atoms with E-state index in [-0.39, 0.29) is 5.91 Å². The standard InChI is InChI=1S/C27H30N2O5/c1-31-25-10-9-22(15-26(25)32-2)27(30)29(17-23-7-3-4-12-28-23)16-20-6-5-8-24(14-20)34-19-21-11-13-33-18-21/h3-10,12,14-15,21H,11,13,16-19H2,1-2H3/t21-/m0/s1. The van der Waals surface area contributed by atoms with Crippen molar-refractivity contribution in [3.8, 4) is 17.2 Å². The molecule has 0 bridgehead atoms. The number of nitrogens with zero attached hydrogens (tertiary/aromatic N) is 2. The van der Waals surface area contributed by atoms with Crippen LogP contribution in [0.25, 0.3) is 0 Å². The van der Waals surface area contributed by atoms with Gasteiger partial charge in [0.2, 0.25) is 0 Å². The summed E-state index contributed by atoms with van der Waals surface area (Å²) in [5, 5.41) is 0. The third-order valence-corrected chi connectivity index (χ3v) is 5.78. The van der Waals surface area contributed by atoms with E-state index in [1.54, 1.807) is 43.5 Å². The molecule has 0 radical (unpaired) electrons. The van der Waals surface area contributed by atoms with Gasteiger partial charge in [0.25, 0.3) is 5.91 Å². The van der Waals surface area contributed by atoms with Crippen molar-refractivity contribution in [3.05, 3.63) is 83.7 Å². The zero-order chi connectivity index (χ0) is 23.8. The number of methoxy groups -OCH3 is 2. The Morgan fingerprint density at radius 2 is 1.91 bits per heavy atom. The molecular formula is C27H30N2O5. The summed E-state index contributed by atoms with van der Waals surface area (Å²) in [4.78, 5) is 19.7. The van der Waals surface area contributed by atoms with Gasteiger partial charge in [-0.1, -0.05) is 18.2 Å². The molecule has 1 aliphatic heterocycles. The van der Waals surface area contributed by atoms with Gasteiger partial charge in [0.1, 0.15) is 5.75 Å². The van der Waals surface area contributed by atoms with Gasteiger partial charge in [-0.15, -0.1) is 0 Å². The summed E-state index contributed by atoms with van der Waals surface area (Å²) in [6.07, 6.45) is 2.76. The van der Waals surface area contributed by atoms with E-state index < -0.39 is 0 Å². The maximum atomic E-state index is 13.6. The molecule has 34 heavy (non-hydrogen) atoms. The molecule has 2 aromatic carbocycles. The molecule has 0 N–H and O–H groups in total. The lowest BCUT2D eigenvalue weighted by atomic mass is 10.1. The van der Waals surface area contributed by atoms with Crippen molar-refractivity contribution < 1.29 is 23.7 Å². The first-order valence-corrected chi connectivity index (χ1v) is 11.4. The monoisotopic (exact) mass is 462 g/mol. The lowest BCUT2D eigenvalue weighted by Crippen LogP contribution is -2.30. The summed E-state index contributed by atoms with van der Waals surface area (Å²) in [7, 11) is 3.13. The maximum Gasteiger partial charge on any atom is 0.254 e. The van der Waals surface area contributed by atoms with Crippen LogP contribution in [0.3, 0.4) is 0 Å². The molecule has 0 saturated carbocycles. The maximum absolute atomic E-state index is 13.6. The van der Waals surface area contributed by atoms with Gasteiger partial charge in [0.05, 0.1) is 39.7 Å². The minimum absolute atomic E-state index is 0.124. The Kier molecular flexibility index (Phi) is 7.99. The lowest BCUT2D eigenvalue weighted by Gasteiger charge is -2.23. The summed E-state index contributed by atoms with van der Waals surface area (Å²) in [6.45, 7) is 2.96. The first-order valence-electron chi connectivity index (χ1n) is 11.4. The van der Waals surface area contributed by atoms with Crippen LogP contribution < -0.4 is 14.2 Å². The Balaban J connectivity index is 1.54. The molecule has 1 aliphatic rings. The smallest absolute Gasteiger partial charge is 0.254 e. The first kappa shape index (κ1) is 23.6. The number of carbonyl (C=O) groups is 1. The first-order chi connectivity index (χ1) is 16.7. The van der Waals surface area contributed by atoms with Gasteiger partial charge in [-0.05, 0) is 54.4 Å². The minimum Gasteiger partial charge on any atom is -0.493 e. The highest BCUT2D eigenvalue weighted by Gasteiger charge is 2.20. The molecule has 2 heterocycles. The van der Waals surface area contributed by atoms with Crippen LogP contribution in [0.4, 0.5) is 0 Å². The average molecular weight is 463 g/mol. The molecule has 1 saturated heterocycles. The highest BCUT2D eigenvalue weighted by Crippen LogP contribution is 2.29. The number of pyridine rings is 1. The molecular weight excluding hydrogens is 432 g/mol. The molecule has 0 spiro atoms. The number of hydrogen-bond donors (Lipinski definition) is 0. The van der Waals surface area contributed by atoms with Crippen molar-refractivity contribution in [2.24, 2.45) is 5.92 Å². The molecule has 1 aromatic heterocycles. The van der Waals surface area contributed by atoms with Gasteiger partial charge < -0.3 is 23.8 Å². The third kappa shape index (κ3) is 6.05. The van der Waals surface area contributed by atoms with Crippen LogP contribution in [0, 0.1) is 5.92 Å².